The predicted octanol–water partition coefficient (Wildman–Crippen LogP) is 4.50. The molecule has 0 amide bonds. The van der Waals surface area contributed by atoms with Gasteiger partial charge in [-0.1, -0.05) is 12.1 Å². The number of hydrogen-bond acceptors (Lipinski definition) is 6. The van der Waals surface area contributed by atoms with E-state index in [4.69, 9.17) is 9.47 Å². The number of hydrogen-bond donors (Lipinski definition) is 2. The van der Waals surface area contributed by atoms with E-state index in [1.807, 2.05) is 6.07 Å². The minimum absolute atomic E-state index is 0.106. The second-order valence-electron chi connectivity index (χ2n) is 7.37. The van der Waals surface area contributed by atoms with E-state index in [-0.39, 0.29) is 10.6 Å². The van der Waals surface area contributed by atoms with E-state index < -0.39 is 15.8 Å². The van der Waals surface area contributed by atoms with E-state index in [2.05, 4.69) is 10.6 Å². The van der Waals surface area contributed by atoms with Crippen LogP contribution in [-0.4, -0.2) is 33.7 Å². The monoisotopic (exact) mass is 469 g/mol. The number of anilines is 2. The first-order valence-corrected chi connectivity index (χ1v) is 11.6. The predicted molar refractivity (Wildman–Crippen MR) is 127 cm³/mol. The lowest BCUT2D eigenvalue weighted by Crippen LogP contribution is -2.12. The molecule has 0 saturated heterocycles. The molecule has 1 aromatic heterocycles. The van der Waals surface area contributed by atoms with E-state index in [1.54, 1.807) is 49.6 Å². The third-order valence-electron chi connectivity index (χ3n) is 5.27. The highest BCUT2D eigenvalue weighted by Crippen LogP contribution is 2.31. The SMILES string of the molecule is CNCc1cn(S(=O)(=O)c2cccc(OC)c2)c2cc(Nc3ccc(OC)cc3F)ccc12. The zero-order valence-electron chi connectivity index (χ0n) is 18.4. The third-order valence-corrected chi connectivity index (χ3v) is 6.94. The summed E-state index contributed by atoms with van der Waals surface area (Å²) < 4.78 is 53.0. The molecule has 4 rings (SSSR count). The maximum absolute atomic E-state index is 14.4. The van der Waals surface area contributed by atoms with Crippen molar-refractivity contribution >= 4 is 32.3 Å². The van der Waals surface area contributed by atoms with Crippen molar-refractivity contribution in [3.05, 3.63) is 78.2 Å². The van der Waals surface area contributed by atoms with Crippen molar-refractivity contribution in [2.75, 3.05) is 26.6 Å². The van der Waals surface area contributed by atoms with Crippen molar-refractivity contribution < 1.29 is 22.3 Å². The molecule has 9 heteroatoms. The fourth-order valence-corrected chi connectivity index (χ4v) is 5.05. The molecule has 3 aromatic carbocycles. The molecule has 0 aliphatic carbocycles. The zero-order chi connectivity index (χ0) is 23.6. The van der Waals surface area contributed by atoms with Crippen molar-refractivity contribution in [3.8, 4) is 11.5 Å². The van der Waals surface area contributed by atoms with Crippen LogP contribution >= 0.6 is 0 Å². The molecule has 0 radical (unpaired) electrons. The highest BCUT2D eigenvalue weighted by atomic mass is 32.2. The molecule has 1 heterocycles. The maximum Gasteiger partial charge on any atom is 0.268 e. The normalized spacial score (nSPS) is 11.5. The first-order chi connectivity index (χ1) is 15.9. The molecule has 0 aliphatic heterocycles. The van der Waals surface area contributed by atoms with Crippen molar-refractivity contribution in [2.24, 2.45) is 0 Å². The van der Waals surface area contributed by atoms with Crippen LogP contribution < -0.4 is 20.1 Å². The number of nitrogens with zero attached hydrogens (tertiary/aromatic N) is 1. The van der Waals surface area contributed by atoms with Gasteiger partial charge >= 0.3 is 0 Å². The smallest absolute Gasteiger partial charge is 0.268 e. The molecule has 0 fully saturated rings. The van der Waals surface area contributed by atoms with E-state index in [1.165, 1.54) is 36.4 Å². The van der Waals surface area contributed by atoms with Gasteiger partial charge in [-0.15, -0.1) is 0 Å². The van der Waals surface area contributed by atoms with Crippen molar-refractivity contribution in [3.63, 3.8) is 0 Å². The summed E-state index contributed by atoms with van der Waals surface area (Å²) in [6.45, 7) is 0.483. The highest BCUT2D eigenvalue weighted by Gasteiger charge is 2.22. The summed E-state index contributed by atoms with van der Waals surface area (Å²) in [6.07, 6.45) is 1.60. The van der Waals surface area contributed by atoms with E-state index in [9.17, 15) is 12.8 Å². The lowest BCUT2D eigenvalue weighted by atomic mass is 10.1. The van der Waals surface area contributed by atoms with Crippen LogP contribution in [0.1, 0.15) is 5.56 Å². The summed E-state index contributed by atoms with van der Waals surface area (Å²) in [5.74, 6) is 0.369. The number of methoxy groups -OCH3 is 2. The van der Waals surface area contributed by atoms with Crippen molar-refractivity contribution in [2.45, 2.75) is 11.4 Å². The summed E-state index contributed by atoms with van der Waals surface area (Å²) in [4.78, 5) is 0.106. The Hall–Kier alpha value is -3.56. The van der Waals surface area contributed by atoms with Crippen LogP contribution in [0.15, 0.2) is 71.8 Å². The Morgan fingerprint density at radius 1 is 0.970 bits per heavy atom. The minimum atomic E-state index is -3.91. The number of fused-ring (bicyclic) bond motifs is 1. The molecule has 2 N–H and O–H groups in total. The molecule has 0 spiro atoms. The molecular weight excluding hydrogens is 445 g/mol. The summed E-state index contributed by atoms with van der Waals surface area (Å²) >= 11 is 0. The van der Waals surface area contributed by atoms with Crippen LogP contribution in [0.5, 0.6) is 11.5 Å². The number of ether oxygens (including phenoxy) is 2. The van der Waals surface area contributed by atoms with Crippen LogP contribution in [0.4, 0.5) is 15.8 Å². The summed E-state index contributed by atoms with van der Waals surface area (Å²) in [6, 6.07) is 16.1. The molecule has 33 heavy (non-hydrogen) atoms. The summed E-state index contributed by atoms with van der Waals surface area (Å²) in [5.41, 5.74) is 2.09. The standard InChI is InChI=1S/C24H24FN3O4S/c1-26-14-16-15-28(33(29,30)20-6-4-5-18(12-20)31-2)24-11-17(7-9-21(16)24)27-23-10-8-19(32-3)13-22(23)25/h4-13,15,26-27H,14H2,1-3H3. The molecule has 0 saturated carbocycles. The number of nitrogens with one attached hydrogen (secondary N) is 2. The topological polar surface area (TPSA) is 81.6 Å². The van der Waals surface area contributed by atoms with Crippen LogP contribution in [0.3, 0.4) is 0 Å². The highest BCUT2D eigenvalue weighted by molar-refractivity contribution is 7.90. The Labute approximate surface area is 191 Å². The van der Waals surface area contributed by atoms with Gasteiger partial charge < -0.3 is 20.1 Å². The second-order valence-corrected chi connectivity index (χ2v) is 9.18. The van der Waals surface area contributed by atoms with E-state index >= 15 is 0 Å². The lowest BCUT2D eigenvalue weighted by molar-refractivity contribution is 0.411. The molecular formula is C24H24FN3O4S. The number of aromatic nitrogens is 1. The van der Waals surface area contributed by atoms with Gasteiger partial charge in [-0.3, -0.25) is 0 Å². The van der Waals surface area contributed by atoms with Gasteiger partial charge in [-0.2, -0.15) is 0 Å². The molecule has 7 nitrogen and oxygen atoms in total. The molecule has 0 unspecified atom stereocenters. The Kier molecular flexibility index (Phi) is 6.26. The molecule has 0 bridgehead atoms. The average molecular weight is 470 g/mol. The van der Waals surface area contributed by atoms with Gasteiger partial charge in [0, 0.05) is 35.9 Å². The number of benzene rings is 3. The van der Waals surface area contributed by atoms with Gasteiger partial charge in [0.05, 0.1) is 30.3 Å². The van der Waals surface area contributed by atoms with Crippen LogP contribution in [0, 0.1) is 5.82 Å². The Morgan fingerprint density at radius 3 is 2.42 bits per heavy atom. The largest absolute Gasteiger partial charge is 0.497 e. The van der Waals surface area contributed by atoms with Crippen molar-refractivity contribution in [1.29, 1.82) is 0 Å². The lowest BCUT2D eigenvalue weighted by Gasteiger charge is -2.11. The Morgan fingerprint density at radius 2 is 1.73 bits per heavy atom. The van der Waals surface area contributed by atoms with Gasteiger partial charge in [0.2, 0.25) is 0 Å². The fraction of sp³-hybridized carbons (Fsp3) is 0.167. The zero-order valence-corrected chi connectivity index (χ0v) is 19.2. The van der Waals surface area contributed by atoms with Crippen LogP contribution in [0.25, 0.3) is 10.9 Å². The minimum Gasteiger partial charge on any atom is -0.497 e. The third kappa shape index (κ3) is 4.37. The Balaban J connectivity index is 1.82. The van der Waals surface area contributed by atoms with Gasteiger partial charge in [0.1, 0.15) is 17.3 Å². The van der Waals surface area contributed by atoms with Crippen molar-refractivity contribution in [1.82, 2.24) is 9.29 Å². The van der Waals surface area contributed by atoms with Crippen LogP contribution in [-0.2, 0) is 16.6 Å². The molecule has 4 aromatic rings. The maximum atomic E-state index is 14.4. The first-order valence-electron chi connectivity index (χ1n) is 10.2. The van der Waals surface area contributed by atoms with E-state index in [0.29, 0.717) is 29.2 Å². The second kappa shape index (κ2) is 9.13. The van der Waals surface area contributed by atoms with E-state index in [0.717, 1.165) is 10.9 Å². The molecule has 0 aliphatic rings. The van der Waals surface area contributed by atoms with Gasteiger partial charge in [-0.25, -0.2) is 16.8 Å². The number of rotatable bonds is 8. The summed E-state index contributed by atoms with van der Waals surface area (Å²) in [5, 5.41) is 6.86. The Bertz CT molecular complexity index is 1420. The van der Waals surface area contributed by atoms with Gasteiger partial charge in [-0.05, 0) is 49.0 Å². The first kappa shape index (κ1) is 22.6. The quantitative estimate of drug-likeness (QED) is 0.396. The van der Waals surface area contributed by atoms with Gasteiger partial charge in [0.15, 0.2) is 0 Å². The van der Waals surface area contributed by atoms with Crippen LogP contribution in [0.2, 0.25) is 0 Å². The molecule has 172 valence electrons. The average Bonchev–Trinajstić information content (AvgIpc) is 3.19. The fourth-order valence-electron chi connectivity index (χ4n) is 3.63. The molecule has 0 atom stereocenters. The summed E-state index contributed by atoms with van der Waals surface area (Å²) in [7, 11) is 0.834. The van der Waals surface area contributed by atoms with Gasteiger partial charge in [0.25, 0.3) is 10.0 Å². The number of halogens is 1.